The van der Waals surface area contributed by atoms with Gasteiger partial charge in [-0.25, -0.2) is 13.8 Å². The average Bonchev–Trinajstić information content (AvgIpc) is 3.33. The number of hydrazine groups is 1. The topological polar surface area (TPSA) is 108 Å². The van der Waals surface area contributed by atoms with Gasteiger partial charge in [0.1, 0.15) is 6.17 Å². The number of rotatable bonds is 7. The zero-order valence-corrected chi connectivity index (χ0v) is 21.9. The van der Waals surface area contributed by atoms with Crippen molar-refractivity contribution in [2.75, 3.05) is 0 Å². The van der Waals surface area contributed by atoms with Crippen LogP contribution in [0.15, 0.2) is 106 Å². The van der Waals surface area contributed by atoms with Gasteiger partial charge in [0.25, 0.3) is 20.0 Å². The predicted molar refractivity (Wildman–Crippen MR) is 144 cm³/mol. The van der Waals surface area contributed by atoms with E-state index in [9.17, 15) is 16.8 Å². The first-order valence-electron chi connectivity index (χ1n) is 11.7. The van der Waals surface area contributed by atoms with Crippen molar-refractivity contribution in [2.45, 2.75) is 36.2 Å². The van der Waals surface area contributed by atoms with Crippen molar-refractivity contribution in [3.8, 4) is 0 Å². The lowest BCUT2D eigenvalue weighted by Crippen LogP contribution is -2.51. The molecule has 5 rings (SSSR count). The average molecular weight is 535 g/mol. The van der Waals surface area contributed by atoms with Gasteiger partial charge in [0.05, 0.1) is 15.5 Å². The van der Waals surface area contributed by atoms with Crippen molar-refractivity contribution in [3.63, 3.8) is 0 Å². The van der Waals surface area contributed by atoms with E-state index in [-0.39, 0.29) is 16.2 Å². The Balaban J connectivity index is 1.48. The normalized spacial score (nSPS) is 16.2. The summed E-state index contributed by atoms with van der Waals surface area (Å²) < 4.78 is 53.9. The molecule has 0 fully saturated rings. The molecule has 1 heterocycles. The third kappa shape index (κ3) is 5.14. The van der Waals surface area contributed by atoms with Crippen LogP contribution >= 0.6 is 0 Å². The zero-order valence-electron chi connectivity index (χ0n) is 20.3. The van der Waals surface area contributed by atoms with E-state index in [1.165, 1.54) is 24.3 Å². The molecule has 8 nitrogen and oxygen atoms in total. The van der Waals surface area contributed by atoms with Gasteiger partial charge in [-0.15, -0.1) is 4.83 Å². The van der Waals surface area contributed by atoms with E-state index in [4.69, 9.17) is 0 Å². The molecule has 0 aromatic heterocycles. The minimum absolute atomic E-state index is 0.0622. The van der Waals surface area contributed by atoms with Crippen LogP contribution in [-0.4, -0.2) is 33.1 Å². The molecule has 1 aliphatic rings. The van der Waals surface area contributed by atoms with Crippen LogP contribution in [0.1, 0.15) is 23.1 Å². The molecule has 4 aromatic carbocycles. The zero-order chi connectivity index (χ0) is 26.2. The minimum Gasteiger partial charge on any atom is -0.219 e. The van der Waals surface area contributed by atoms with Gasteiger partial charge in [0.2, 0.25) is 0 Å². The molecule has 1 unspecified atom stereocenters. The number of hydrazone groups is 1. The number of sulfonamides is 2. The van der Waals surface area contributed by atoms with E-state index in [1.54, 1.807) is 24.3 Å². The SMILES string of the molecule is Cc1ccc(S(=O)(=O)NNC2CC(c3ccc4ccccc4c3)=NN2S(=O)(=O)c2ccc(C)cc2)cc1. The van der Waals surface area contributed by atoms with Gasteiger partial charge in [0, 0.05) is 6.42 Å². The molecule has 2 N–H and O–H groups in total. The van der Waals surface area contributed by atoms with Gasteiger partial charge < -0.3 is 0 Å². The number of benzene rings is 4. The van der Waals surface area contributed by atoms with Crippen LogP contribution in [-0.2, 0) is 20.0 Å². The van der Waals surface area contributed by atoms with Gasteiger partial charge in [0.15, 0.2) is 0 Å². The Hall–Kier alpha value is -3.57. The highest BCUT2D eigenvalue weighted by molar-refractivity contribution is 7.89. The number of hydrogen-bond donors (Lipinski definition) is 2. The maximum absolute atomic E-state index is 13.6. The Morgan fingerprint density at radius 2 is 1.35 bits per heavy atom. The molecule has 0 aliphatic carbocycles. The Labute approximate surface area is 216 Å². The van der Waals surface area contributed by atoms with Gasteiger partial charge in [-0.05, 0) is 60.5 Å². The van der Waals surface area contributed by atoms with Gasteiger partial charge >= 0.3 is 0 Å². The van der Waals surface area contributed by atoms with Crippen molar-refractivity contribution in [3.05, 3.63) is 108 Å². The molecule has 0 radical (unpaired) electrons. The molecule has 1 atom stereocenters. The van der Waals surface area contributed by atoms with E-state index in [0.29, 0.717) is 5.71 Å². The van der Waals surface area contributed by atoms with E-state index >= 15 is 0 Å². The second-order valence-electron chi connectivity index (χ2n) is 8.98. The van der Waals surface area contributed by atoms with Crippen molar-refractivity contribution in [1.29, 1.82) is 0 Å². The van der Waals surface area contributed by atoms with Crippen molar-refractivity contribution in [1.82, 2.24) is 14.7 Å². The Kier molecular flexibility index (Phi) is 6.59. The maximum atomic E-state index is 13.6. The summed E-state index contributed by atoms with van der Waals surface area (Å²) >= 11 is 0. The summed E-state index contributed by atoms with van der Waals surface area (Å²) in [5.41, 5.74) is 5.82. The molecule has 190 valence electrons. The molecule has 0 saturated heterocycles. The third-order valence-corrected chi connectivity index (χ3v) is 9.19. The van der Waals surface area contributed by atoms with E-state index in [0.717, 1.165) is 31.9 Å². The second-order valence-corrected chi connectivity index (χ2v) is 12.5. The monoisotopic (exact) mass is 534 g/mol. The van der Waals surface area contributed by atoms with Crippen molar-refractivity contribution >= 4 is 36.5 Å². The quantitative estimate of drug-likeness (QED) is 0.348. The number of nitrogens with one attached hydrogen (secondary N) is 2. The highest BCUT2D eigenvalue weighted by Crippen LogP contribution is 2.28. The minimum atomic E-state index is -4.08. The second kappa shape index (κ2) is 9.71. The van der Waals surface area contributed by atoms with Crippen LogP contribution in [0.4, 0.5) is 0 Å². The number of hydrogen-bond acceptors (Lipinski definition) is 6. The lowest BCUT2D eigenvalue weighted by molar-refractivity contribution is 0.301. The molecular weight excluding hydrogens is 508 g/mol. The van der Waals surface area contributed by atoms with Crippen LogP contribution in [0, 0.1) is 13.8 Å². The molecule has 1 aliphatic heterocycles. The molecule has 0 bridgehead atoms. The van der Waals surface area contributed by atoms with Gasteiger partial charge in [-0.3, -0.25) is 0 Å². The summed E-state index contributed by atoms with van der Waals surface area (Å²) in [6.45, 7) is 3.73. The van der Waals surface area contributed by atoms with Crippen LogP contribution in [0.25, 0.3) is 10.8 Å². The highest BCUT2D eigenvalue weighted by atomic mass is 32.2. The largest absolute Gasteiger partial charge is 0.280 e. The number of nitrogens with zero attached hydrogens (tertiary/aromatic N) is 2. The van der Waals surface area contributed by atoms with Crippen LogP contribution in [0.5, 0.6) is 0 Å². The summed E-state index contributed by atoms with van der Waals surface area (Å²) in [6, 6.07) is 26.5. The Morgan fingerprint density at radius 3 is 2.00 bits per heavy atom. The summed E-state index contributed by atoms with van der Waals surface area (Å²) in [5.74, 6) is 0. The van der Waals surface area contributed by atoms with E-state index in [1.807, 2.05) is 56.3 Å². The maximum Gasteiger partial charge on any atom is 0.280 e. The standard InChI is InChI=1S/C27H26N4O4S2/c1-19-7-13-24(14-8-19)36(32,33)30-28-27-18-26(23-12-11-21-5-3-4-6-22(21)17-23)29-31(27)37(34,35)25-15-9-20(2)10-16-25/h3-17,27-28,30H,18H2,1-2H3. The van der Waals surface area contributed by atoms with Crippen molar-refractivity contribution < 1.29 is 16.8 Å². The fourth-order valence-electron chi connectivity index (χ4n) is 4.10. The first-order valence-corrected chi connectivity index (χ1v) is 14.6. The molecule has 0 amide bonds. The van der Waals surface area contributed by atoms with Crippen LogP contribution < -0.4 is 10.3 Å². The lowest BCUT2D eigenvalue weighted by Gasteiger charge is -2.24. The lowest BCUT2D eigenvalue weighted by atomic mass is 10.0. The van der Waals surface area contributed by atoms with Gasteiger partial charge in [-0.1, -0.05) is 71.8 Å². The van der Waals surface area contributed by atoms with Crippen LogP contribution in [0.3, 0.4) is 0 Å². The third-order valence-electron chi connectivity index (χ3n) is 6.21. The van der Waals surface area contributed by atoms with Gasteiger partial charge in [-0.2, -0.15) is 17.9 Å². The molecular formula is C27H26N4O4S2. The first kappa shape index (κ1) is 25.1. The highest BCUT2D eigenvalue weighted by Gasteiger charge is 2.37. The molecule has 10 heteroatoms. The first-order chi connectivity index (χ1) is 17.6. The smallest absolute Gasteiger partial charge is 0.219 e. The van der Waals surface area contributed by atoms with E-state index < -0.39 is 26.2 Å². The Morgan fingerprint density at radius 1 is 0.757 bits per heavy atom. The van der Waals surface area contributed by atoms with Crippen molar-refractivity contribution in [2.24, 2.45) is 5.10 Å². The molecule has 0 spiro atoms. The summed E-state index contributed by atoms with van der Waals surface area (Å²) in [4.78, 5) is 2.47. The fourth-order valence-corrected chi connectivity index (χ4v) is 6.37. The molecule has 37 heavy (non-hydrogen) atoms. The van der Waals surface area contributed by atoms with E-state index in [2.05, 4.69) is 15.4 Å². The summed E-state index contributed by atoms with van der Waals surface area (Å²) in [7, 11) is -8.03. The predicted octanol–water partition coefficient (Wildman–Crippen LogP) is 4.06. The summed E-state index contributed by atoms with van der Waals surface area (Å²) in [5, 5.41) is 6.51. The molecule has 0 saturated carbocycles. The van der Waals surface area contributed by atoms with Crippen LogP contribution in [0.2, 0.25) is 0 Å². The number of fused-ring (bicyclic) bond motifs is 1. The molecule has 4 aromatic rings. The Bertz CT molecular complexity index is 1700. The summed E-state index contributed by atoms with van der Waals surface area (Å²) in [6.07, 6.45) is -0.826. The fraction of sp³-hybridized carbons (Fsp3) is 0.148. The number of aryl methyl sites for hydroxylation is 2.